The van der Waals surface area contributed by atoms with Gasteiger partial charge in [0.1, 0.15) is 5.75 Å². The Hall–Kier alpha value is -2.24. The summed E-state index contributed by atoms with van der Waals surface area (Å²) in [4.78, 5) is 22.7. The van der Waals surface area contributed by atoms with E-state index < -0.39 is 11.9 Å². The Morgan fingerprint density at radius 3 is 2.59 bits per heavy atom. The topological polar surface area (TPSA) is 90.5 Å². The van der Waals surface area contributed by atoms with Gasteiger partial charge in [0.15, 0.2) is 0 Å². The van der Waals surface area contributed by atoms with E-state index in [4.69, 9.17) is 0 Å². The minimum absolute atomic E-state index is 0.100. The first-order valence-corrected chi connectivity index (χ1v) is 5.27. The highest BCUT2D eigenvalue weighted by atomic mass is 16.3. The van der Waals surface area contributed by atoms with Crippen LogP contribution in [0.3, 0.4) is 0 Å². The third-order valence-electron chi connectivity index (χ3n) is 1.97. The maximum Gasteiger partial charge on any atom is 0.333 e. The molecule has 6 nitrogen and oxygen atoms in total. The Morgan fingerprint density at radius 2 is 1.94 bits per heavy atom. The van der Waals surface area contributed by atoms with Crippen LogP contribution in [0.2, 0.25) is 0 Å². The standard InChI is InChI=1S/C11H15N3O3/c1-2-7-12-11(17)14-13-10(16)8-5-3-4-6-9(8)15/h3-6,15H,2,7H2,1H3,(H,13,16)(H2,12,14,17). The average Bonchev–Trinajstić information content (AvgIpc) is 2.34. The zero-order chi connectivity index (χ0) is 12.7. The molecule has 4 N–H and O–H groups in total. The van der Waals surface area contributed by atoms with Gasteiger partial charge >= 0.3 is 6.03 Å². The third kappa shape index (κ3) is 4.02. The summed E-state index contributed by atoms with van der Waals surface area (Å²) in [6.45, 7) is 2.44. The van der Waals surface area contributed by atoms with E-state index in [1.807, 2.05) is 6.92 Å². The first-order valence-electron chi connectivity index (χ1n) is 5.27. The van der Waals surface area contributed by atoms with Gasteiger partial charge in [0, 0.05) is 6.54 Å². The van der Waals surface area contributed by atoms with Crippen LogP contribution in [0.25, 0.3) is 0 Å². The van der Waals surface area contributed by atoms with Crippen LogP contribution in [-0.2, 0) is 0 Å². The Labute approximate surface area is 99.0 Å². The van der Waals surface area contributed by atoms with E-state index in [0.29, 0.717) is 6.54 Å². The number of carbonyl (C=O) groups is 2. The SMILES string of the molecule is CCCNC(=O)NNC(=O)c1ccccc1O. The molecule has 1 rings (SSSR count). The number of hydrogen-bond donors (Lipinski definition) is 4. The van der Waals surface area contributed by atoms with Crippen molar-refractivity contribution in [1.82, 2.24) is 16.2 Å². The Kier molecular flexibility index (Phi) is 4.80. The highest BCUT2D eigenvalue weighted by Crippen LogP contribution is 2.14. The number of amides is 3. The van der Waals surface area contributed by atoms with Crippen molar-refractivity contribution in [2.45, 2.75) is 13.3 Å². The second-order valence-corrected chi connectivity index (χ2v) is 3.35. The van der Waals surface area contributed by atoms with Crippen LogP contribution in [0.4, 0.5) is 4.79 Å². The summed E-state index contributed by atoms with van der Waals surface area (Å²) in [5.41, 5.74) is 4.47. The van der Waals surface area contributed by atoms with Crippen molar-refractivity contribution in [2.75, 3.05) is 6.54 Å². The fourth-order valence-corrected chi connectivity index (χ4v) is 1.13. The zero-order valence-corrected chi connectivity index (χ0v) is 9.49. The van der Waals surface area contributed by atoms with Gasteiger partial charge in [-0.2, -0.15) is 0 Å². The lowest BCUT2D eigenvalue weighted by Gasteiger charge is -2.08. The van der Waals surface area contributed by atoms with Crippen LogP contribution in [0, 0.1) is 0 Å². The molecule has 92 valence electrons. The fourth-order valence-electron chi connectivity index (χ4n) is 1.13. The minimum Gasteiger partial charge on any atom is -0.507 e. The smallest absolute Gasteiger partial charge is 0.333 e. The molecule has 0 saturated carbocycles. The quantitative estimate of drug-likeness (QED) is 0.584. The van der Waals surface area contributed by atoms with Gasteiger partial charge < -0.3 is 10.4 Å². The van der Waals surface area contributed by atoms with Gasteiger partial charge in [-0.05, 0) is 18.6 Å². The molecular formula is C11H15N3O3. The van der Waals surface area contributed by atoms with E-state index in [9.17, 15) is 14.7 Å². The van der Waals surface area contributed by atoms with Crippen LogP contribution < -0.4 is 16.2 Å². The summed E-state index contributed by atoms with van der Waals surface area (Å²) < 4.78 is 0. The second kappa shape index (κ2) is 6.37. The average molecular weight is 237 g/mol. The second-order valence-electron chi connectivity index (χ2n) is 3.35. The normalized spacial score (nSPS) is 9.47. The van der Waals surface area contributed by atoms with Crippen molar-refractivity contribution in [3.63, 3.8) is 0 Å². The monoisotopic (exact) mass is 237 g/mol. The summed E-state index contributed by atoms with van der Waals surface area (Å²) in [5.74, 6) is -0.712. The summed E-state index contributed by atoms with van der Waals surface area (Å²) in [7, 11) is 0. The van der Waals surface area contributed by atoms with Crippen molar-refractivity contribution >= 4 is 11.9 Å². The molecule has 6 heteroatoms. The number of urea groups is 1. The highest BCUT2D eigenvalue weighted by molar-refractivity contribution is 5.97. The number of benzene rings is 1. The lowest BCUT2D eigenvalue weighted by atomic mass is 10.2. The van der Waals surface area contributed by atoms with Gasteiger partial charge in [-0.25, -0.2) is 10.2 Å². The Balaban J connectivity index is 2.45. The number of hydrogen-bond acceptors (Lipinski definition) is 3. The molecule has 1 aromatic carbocycles. The molecule has 0 unspecified atom stereocenters. The summed E-state index contributed by atoms with van der Waals surface area (Å²) >= 11 is 0. The van der Waals surface area contributed by atoms with Gasteiger partial charge in [0.25, 0.3) is 5.91 Å². The molecular weight excluding hydrogens is 222 g/mol. The molecule has 0 aliphatic heterocycles. The maximum absolute atomic E-state index is 11.5. The summed E-state index contributed by atoms with van der Waals surface area (Å²) in [5, 5.41) is 11.9. The molecule has 0 radical (unpaired) electrons. The summed E-state index contributed by atoms with van der Waals surface area (Å²) in [6, 6.07) is 5.58. The van der Waals surface area contributed by atoms with Crippen molar-refractivity contribution < 1.29 is 14.7 Å². The predicted octanol–water partition coefficient (Wildman–Crippen LogP) is 0.746. The lowest BCUT2D eigenvalue weighted by molar-refractivity contribution is 0.0933. The van der Waals surface area contributed by atoms with Crippen LogP contribution in [0.1, 0.15) is 23.7 Å². The van der Waals surface area contributed by atoms with Gasteiger partial charge in [-0.3, -0.25) is 10.2 Å². The van der Waals surface area contributed by atoms with E-state index in [-0.39, 0.29) is 11.3 Å². The molecule has 0 bridgehead atoms. The zero-order valence-electron chi connectivity index (χ0n) is 9.49. The molecule has 1 aromatic rings. The molecule has 0 atom stereocenters. The van der Waals surface area contributed by atoms with Gasteiger partial charge in [0.2, 0.25) is 0 Å². The first-order chi connectivity index (χ1) is 8.15. The van der Waals surface area contributed by atoms with E-state index >= 15 is 0 Å². The van der Waals surface area contributed by atoms with Crippen molar-refractivity contribution in [2.24, 2.45) is 0 Å². The summed E-state index contributed by atoms with van der Waals surface area (Å²) in [6.07, 6.45) is 0.806. The number of carbonyl (C=O) groups excluding carboxylic acids is 2. The highest BCUT2D eigenvalue weighted by Gasteiger charge is 2.10. The first kappa shape index (κ1) is 12.8. The fraction of sp³-hybridized carbons (Fsp3) is 0.273. The molecule has 0 heterocycles. The third-order valence-corrected chi connectivity index (χ3v) is 1.97. The number of para-hydroxylation sites is 1. The van der Waals surface area contributed by atoms with Gasteiger partial charge in [-0.15, -0.1) is 0 Å². The van der Waals surface area contributed by atoms with E-state index in [0.717, 1.165) is 6.42 Å². The predicted molar refractivity (Wildman–Crippen MR) is 62.4 cm³/mol. The number of phenolic OH excluding ortho intramolecular Hbond substituents is 1. The van der Waals surface area contributed by atoms with Crippen LogP contribution in [-0.4, -0.2) is 23.6 Å². The lowest BCUT2D eigenvalue weighted by Crippen LogP contribution is -2.47. The van der Waals surface area contributed by atoms with E-state index in [1.54, 1.807) is 12.1 Å². The van der Waals surface area contributed by atoms with E-state index in [2.05, 4.69) is 16.2 Å². The van der Waals surface area contributed by atoms with Gasteiger partial charge in [0.05, 0.1) is 5.56 Å². The minimum atomic E-state index is -0.574. The molecule has 0 aliphatic carbocycles. The molecule has 17 heavy (non-hydrogen) atoms. The van der Waals surface area contributed by atoms with Crippen LogP contribution in [0.5, 0.6) is 5.75 Å². The molecule has 0 aromatic heterocycles. The van der Waals surface area contributed by atoms with E-state index in [1.165, 1.54) is 12.1 Å². The maximum atomic E-state index is 11.5. The number of aromatic hydroxyl groups is 1. The molecule has 0 fully saturated rings. The Morgan fingerprint density at radius 1 is 1.24 bits per heavy atom. The van der Waals surface area contributed by atoms with Crippen LogP contribution >= 0.6 is 0 Å². The number of rotatable bonds is 3. The Bertz CT molecular complexity index is 407. The van der Waals surface area contributed by atoms with Crippen molar-refractivity contribution in [3.05, 3.63) is 29.8 Å². The number of phenols is 1. The molecule has 3 amide bonds. The number of hydrazine groups is 1. The molecule has 0 aliphatic rings. The molecule has 0 spiro atoms. The van der Waals surface area contributed by atoms with Crippen LogP contribution in [0.15, 0.2) is 24.3 Å². The van der Waals surface area contributed by atoms with Gasteiger partial charge in [-0.1, -0.05) is 19.1 Å². The molecule has 0 saturated heterocycles. The van der Waals surface area contributed by atoms with Crippen molar-refractivity contribution in [3.8, 4) is 5.75 Å². The van der Waals surface area contributed by atoms with Crippen molar-refractivity contribution in [1.29, 1.82) is 0 Å². The largest absolute Gasteiger partial charge is 0.507 e. The number of nitrogens with one attached hydrogen (secondary N) is 3.